The first-order chi connectivity index (χ1) is 10.2. The highest BCUT2D eigenvalue weighted by Gasteiger charge is 2.18. The number of carbonyl (C=O) groups is 1. The molecular weight excluding hydrogens is 322 g/mol. The van der Waals surface area contributed by atoms with E-state index >= 15 is 0 Å². The van der Waals surface area contributed by atoms with Gasteiger partial charge < -0.3 is 10.6 Å². The Morgan fingerprint density at radius 2 is 2.23 bits per heavy atom. The molecule has 0 saturated carbocycles. The number of aryl methyl sites for hydroxylation is 1. The Morgan fingerprint density at radius 3 is 2.91 bits per heavy atom. The highest BCUT2D eigenvalue weighted by molar-refractivity contribution is 7.11. The molecule has 0 aliphatic carbocycles. The molecule has 120 valence electrons. The van der Waals surface area contributed by atoms with Crippen molar-refractivity contribution in [3.05, 3.63) is 33.8 Å². The summed E-state index contributed by atoms with van der Waals surface area (Å²) in [7, 11) is 0. The summed E-state index contributed by atoms with van der Waals surface area (Å²) in [5.41, 5.74) is 0.391. The van der Waals surface area contributed by atoms with Gasteiger partial charge in [-0.1, -0.05) is 5.21 Å². The van der Waals surface area contributed by atoms with Crippen molar-refractivity contribution >= 4 is 29.7 Å². The lowest BCUT2D eigenvalue weighted by Crippen LogP contribution is -2.29. The van der Waals surface area contributed by atoms with Crippen LogP contribution in [0, 0.1) is 6.92 Å². The largest absolute Gasteiger partial charge is 0.346 e. The minimum atomic E-state index is -0.166. The molecule has 0 spiro atoms. The Hall–Kier alpha value is -1.44. The van der Waals surface area contributed by atoms with Gasteiger partial charge in [-0.2, -0.15) is 0 Å². The predicted octanol–water partition coefficient (Wildman–Crippen LogP) is 1.92. The molecule has 8 heteroatoms. The number of piperidine rings is 1. The number of aromatic nitrogens is 3. The number of thiophene rings is 1. The maximum absolute atomic E-state index is 12.1. The van der Waals surface area contributed by atoms with E-state index in [0.29, 0.717) is 18.3 Å². The van der Waals surface area contributed by atoms with Crippen molar-refractivity contribution < 1.29 is 4.79 Å². The van der Waals surface area contributed by atoms with E-state index in [1.807, 2.05) is 10.7 Å². The highest BCUT2D eigenvalue weighted by Crippen LogP contribution is 2.17. The second-order valence-electron chi connectivity index (χ2n) is 5.26. The van der Waals surface area contributed by atoms with Crippen LogP contribution in [-0.2, 0) is 6.54 Å². The summed E-state index contributed by atoms with van der Waals surface area (Å²) in [5, 5.41) is 14.3. The number of nitrogens with one attached hydrogen (secondary N) is 2. The molecule has 2 aromatic rings. The molecule has 2 aromatic heterocycles. The van der Waals surface area contributed by atoms with Crippen molar-refractivity contribution in [3.63, 3.8) is 0 Å². The third-order valence-corrected chi connectivity index (χ3v) is 4.65. The summed E-state index contributed by atoms with van der Waals surface area (Å²) >= 11 is 1.69. The average molecular weight is 342 g/mol. The van der Waals surface area contributed by atoms with Gasteiger partial charge in [0.05, 0.1) is 18.8 Å². The van der Waals surface area contributed by atoms with Gasteiger partial charge in [0.15, 0.2) is 5.69 Å². The molecule has 6 nitrogen and oxygen atoms in total. The van der Waals surface area contributed by atoms with Crippen LogP contribution in [-0.4, -0.2) is 34.0 Å². The number of amides is 1. The molecular formula is C14H20ClN5OS. The number of hydrogen-bond acceptors (Lipinski definition) is 5. The molecule has 0 unspecified atom stereocenters. The minimum absolute atomic E-state index is 0. The third-order valence-electron chi connectivity index (χ3n) is 3.64. The zero-order valence-electron chi connectivity index (χ0n) is 12.4. The second-order valence-corrected chi connectivity index (χ2v) is 6.63. The highest BCUT2D eigenvalue weighted by atomic mass is 35.5. The van der Waals surface area contributed by atoms with Crippen molar-refractivity contribution in [2.45, 2.75) is 32.4 Å². The Balaban J connectivity index is 0.00000176. The second kappa shape index (κ2) is 7.71. The summed E-state index contributed by atoms with van der Waals surface area (Å²) in [5.74, 6) is -0.166. The van der Waals surface area contributed by atoms with Crippen LogP contribution >= 0.6 is 23.7 Å². The van der Waals surface area contributed by atoms with Gasteiger partial charge in [0, 0.05) is 9.75 Å². The summed E-state index contributed by atoms with van der Waals surface area (Å²) < 4.78 is 1.82. The minimum Gasteiger partial charge on any atom is -0.346 e. The van der Waals surface area contributed by atoms with Gasteiger partial charge in [-0.3, -0.25) is 4.79 Å². The third kappa shape index (κ3) is 4.06. The monoisotopic (exact) mass is 341 g/mol. The molecule has 3 rings (SSSR count). The van der Waals surface area contributed by atoms with E-state index in [-0.39, 0.29) is 18.3 Å². The van der Waals surface area contributed by atoms with Gasteiger partial charge >= 0.3 is 0 Å². The van der Waals surface area contributed by atoms with Crippen LogP contribution in [0.5, 0.6) is 0 Å². The summed E-state index contributed by atoms with van der Waals surface area (Å²) in [6.07, 6.45) is 3.81. The molecule has 3 heterocycles. The molecule has 1 saturated heterocycles. The quantitative estimate of drug-likeness (QED) is 0.891. The van der Waals surface area contributed by atoms with Crippen LogP contribution in [0.1, 0.15) is 39.1 Å². The predicted molar refractivity (Wildman–Crippen MR) is 88.6 cm³/mol. The first-order valence-electron chi connectivity index (χ1n) is 7.18. The van der Waals surface area contributed by atoms with Gasteiger partial charge in [-0.15, -0.1) is 28.8 Å². The van der Waals surface area contributed by atoms with E-state index in [1.54, 1.807) is 17.5 Å². The van der Waals surface area contributed by atoms with Crippen LogP contribution < -0.4 is 10.6 Å². The van der Waals surface area contributed by atoms with Gasteiger partial charge in [-0.05, 0) is 45.0 Å². The van der Waals surface area contributed by atoms with E-state index in [1.165, 1.54) is 4.88 Å². The van der Waals surface area contributed by atoms with E-state index in [4.69, 9.17) is 0 Å². The van der Waals surface area contributed by atoms with E-state index in [9.17, 15) is 4.79 Å². The SMILES string of the molecule is Cc1ccc(CNC(=O)c2cn(C3CCNCC3)nn2)s1.Cl. The van der Waals surface area contributed by atoms with E-state index in [0.717, 1.165) is 30.8 Å². The summed E-state index contributed by atoms with van der Waals surface area (Å²) in [4.78, 5) is 14.5. The van der Waals surface area contributed by atoms with Crippen LogP contribution in [0.15, 0.2) is 18.3 Å². The number of nitrogens with zero attached hydrogens (tertiary/aromatic N) is 3. The number of halogens is 1. The molecule has 1 fully saturated rings. The number of hydrogen-bond donors (Lipinski definition) is 2. The van der Waals surface area contributed by atoms with Crippen molar-refractivity contribution in [2.75, 3.05) is 13.1 Å². The fourth-order valence-corrected chi connectivity index (χ4v) is 3.30. The van der Waals surface area contributed by atoms with Crippen molar-refractivity contribution in [1.82, 2.24) is 25.6 Å². The van der Waals surface area contributed by atoms with Crippen molar-refractivity contribution in [3.8, 4) is 0 Å². The zero-order chi connectivity index (χ0) is 14.7. The van der Waals surface area contributed by atoms with Crippen molar-refractivity contribution in [2.24, 2.45) is 0 Å². The first kappa shape index (κ1) is 16.9. The normalized spacial score (nSPS) is 15.3. The Bertz CT molecular complexity index is 620. The molecule has 1 aliphatic rings. The molecule has 22 heavy (non-hydrogen) atoms. The molecule has 1 amide bonds. The maximum Gasteiger partial charge on any atom is 0.273 e. The van der Waals surface area contributed by atoms with Gasteiger partial charge in [0.25, 0.3) is 5.91 Å². The van der Waals surface area contributed by atoms with Gasteiger partial charge in [-0.25, -0.2) is 4.68 Å². The van der Waals surface area contributed by atoms with Crippen LogP contribution in [0.4, 0.5) is 0 Å². The fourth-order valence-electron chi connectivity index (χ4n) is 2.47. The Morgan fingerprint density at radius 1 is 1.45 bits per heavy atom. The molecule has 2 N–H and O–H groups in total. The lowest BCUT2D eigenvalue weighted by Gasteiger charge is -2.22. The molecule has 1 aliphatic heterocycles. The Kier molecular flexibility index (Phi) is 5.93. The zero-order valence-corrected chi connectivity index (χ0v) is 14.0. The fraction of sp³-hybridized carbons (Fsp3) is 0.500. The van der Waals surface area contributed by atoms with Crippen LogP contribution in [0.2, 0.25) is 0 Å². The summed E-state index contributed by atoms with van der Waals surface area (Å²) in [6, 6.07) is 4.44. The lowest BCUT2D eigenvalue weighted by atomic mass is 10.1. The Labute approximate surface area is 139 Å². The molecule has 0 aromatic carbocycles. The first-order valence-corrected chi connectivity index (χ1v) is 8.00. The van der Waals surface area contributed by atoms with Crippen LogP contribution in [0.25, 0.3) is 0 Å². The molecule has 0 radical (unpaired) electrons. The summed E-state index contributed by atoms with van der Waals surface area (Å²) in [6.45, 7) is 4.58. The average Bonchev–Trinajstić information content (AvgIpc) is 3.15. The van der Waals surface area contributed by atoms with Gasteiger partial charge in [0.2, 0.25) is 0 Å². The smallest absolute Gasteiger partial charge is 0.273 e. The van der Waals surface area contributed by atoms with Gasteiger partial charge in [0.1, 0.15) is 0 Å². The standard InChI is InChI=1S/C14H19N5OS.ClH/c1-10-2-3-12(21-10)8-16-14(20)13-9-19(18-17-13)11-4-6-15-7-5-11;/h2-3,9,11,15H,4-8H2,1H3,(H,16,20);1H. The van der Waals surface area contributed by atoms with Crippen LogP contribution in [0.3, 0.4) is 0 Å². The topological polar surface area (TPSA) is 71.8 Å². The number of carbonyl (C=O) groups excluding carboxylic acids is 1. The van der Waals surface area contributed by atoms with Crippen molar-refractivity contribution in [1.29, 1.82) is 0 Å². The van der Waals surface area contributed by atoms with E-state index in [2.05, 4.69) is 33.9 Å². The lowest BCUT2D eigenvalue weighted by molar-refractivity contribution is 0.0946. The molecule has 0 atom stereocenters. The van der Waals surface area contributed by atoms with E-state index < -0.39 is 0 Å². The molecule has 0 bridgehead atoms. The number of rotatable bonds is 4. The maximum atomic E-state index is 12.1.